The van der Waals surface area contributed by atoms with Crippen LogP contribution in [0, 0.1) is 0 Å². The minimum absolute atomic E-state index is 0.915. The summed E-state index contributed by atoms with van der Waals surface area (Å²) in [6.45, 7) is 2.02. The van der Waals surface area contributed by atoms with Gasteiger partial charge in [0.1, 0.15) is 0 Å². The van der Waals surface area contributed by atoms with Crippen LogP contribution in [0.3, 0.4) is 0 Å². The van der Waals surface area contributed by atoms with E-state index < -0.39 is 7.05 Å². The molecule has 2 nitrogen and oxygen atoms in total. The molecule has 0 aliphatic rings. The van der Waals surface area contributed by atoms with Crippen molar-refractivity contribution in [3.8, 4) is 0 Å². The van der Waals surface area contributed by atoms with Crippen LogP contribution in [-0.4, -0.2) is 5.71 Å². The van der Waals surface area contributed by atoms with Crippen LogP contribution in [0.25, 0.3) is 0 Å². The Morgan fingerprint density at radius 1 is 0.517 bits per heavy atom. The van der Waals surface area contributed by atoms with Crippen LogP contribution in [0.2, 0.25) is 0 Å². The minimum Gasteiger partial charge on any atom is -0.158 e. The Balaban J connectivity index is 2.03. The summed E-state index contributed by atoms with van der Waals surface area (Å²) in [6.07, 6.45) is 0. The first-order chi connectivity index (χ1) is 14.3. The maximum Gasteiger partial charge on any atom is 0.0837 e. The molecular weight excluding hydrogens is 371 g/mol. The third-order valence-electron chi connectivity index (χ3n) is 4.91. The number of rotatable bonds is 5. The summed E-state index contributed by atoms with van der Waals surface area (Å²) in [7, 11) is -2.29. The van der Waals surface area contributed by atoms with E-state index in [1.54, 1.807) is 0 Å². The monoisotopic (exact) mass is 394 g/mol. The average molecular weight is 394 g/mol. The second kappa shape index (κ2) is 8.86. The number of hydrogen-bond acceptors (Lipinski definition) is 1. The van der Waals surface area contributed by atoms with E-state index in [-0.39, 0.29) is 0 Å². The van der Waals surface area contributed by atoms with Crippen LogP contribution >= 0.6 is 7.05 Å². The van der Waals surface area contributed by atoms with Gasteiger partial charge in [0.05, 0.1) is 12.8 Å². The van der Waals surface area contributed by atoms with Crippen molar-refractivity contribution in [2.24, 2.45) is 9.96 Å². The van der Waals surface area contributed by atoms with E-state index in [1.165, 1.54) is 15.9 Å². The lowest BCUT2D eigenvalue weighted by Gasteiger charge is -2.25. The average Bonchev–Trinajstić information content (AvgIpc) is 2.82. The summed E-state index contributed by atoms with van der Waals surface area (Å²) in [4.78, 5) is 5.14. The Hall–Kier alpha value is -3.22. The quantitative estimate of drug-likeness (QED) is 0.240. The highest BCUT2D eigenvalue weighted by Crippen LogP contribution is 2.46. The molecule has 3 heteroatoms. The normalized spacial score (nSPS) is 11.8. The van der Waals surface area contributed by atoms with Gasteiger partial charge in [-0.3, -0.25) is 0 Å². The fraction of sp³-hybridized carbons (Fsp3) is 0.0385. The first kappa shape index (κ1) is 19.1. The van der Waals surface area contributed by atoms with E-state index in [2.05, 4.69) is 84.9 Å². The summed E-state index contributed by atoms with van der Waals surface area (Å²) < 4.78 is 0. The number of hydrogen-bond donors (Lipinski definition) is 0. The molecule has 0 atom stereocenters. The highest BCUT2D eigenvalue weighted by molar-refractivity contribution is 7.87. The molecule has 142 valence electrons. The Morgan fingerprint density at radius 2 is 0.862 bits per heavy atom. The molecule has 0 radical (unpaired) electrons. The molecule has 0 unspecified atom stereocenters. The minimum atomic E-state index is -2.29. The zero-order valence-electron chi connectivity index (χ0n) is 16.4. The Morgan fingerprint density at radius 3 is 1.24 bits per heavy atom. The molecule has 0 fully saturated rings. The Labute approximate surface area is 172 Å². The summed E-state index contributed by atoms with van der Waals surface area (Å²) in [6, 6.07) is 41.9. The van der Waals surface area contributed by atoms with Gasteiger partial charge >= 0.3 is 0 Å². The molecule has 0 N–H and O–H groups in total. The van der Waals surface area contributed by atoms with Gasteiger partial charge < -0.3 is 0 Å². The first-order valence-electron chi connectivity index (χ1n) is 9.69. The molecule has 0 aromatic heterocycles. The topological polar surface area (TPSA) is 24.7 Å². The van der Waals surface area contributed by atoms with Gasteiger partial charge in [0, 0.05) is 15.9 Å². The van der Waals surface area contributed by atoms with Crippen molar-refractivity contribution >= 4 is 28.7 Å². The summed E-state index contributed by atoms with van der Waals surface area (Å²) in [5, 5.41) is 8.38. The van der Waals surface area contributed by atoms with Crippen LogP contribution < -0.4 is 15.9 Å². The molecule has 0 aliphatic carbocycles. The number of nitrogens with zero attached hydrogens (tertiary/aromatic N) is 2. The molecule has 0 bridgehead atoms. The predicted octanol–water partition coefficient (Wildman–Crippen LogP) is 5.59. The molecular formula is C26H23N2P. The highest BCUT2D eigenvalue weighted by atomic mass is 31.2. The molecule has 0 amide bonds. The van der Waals surface area contributed by atoms with Crippen molar-refractivity contribution in [1.82, 2.24) is 0 Å². The smallest absolute Gasteiger partial charge is 0.0837 e. The number of benzene rings is 4. The maximum absolute atomic E-state index is 5.14. The van der Waals surface area contributed by atoms with E-state index in [1.807, 2.05) is 43.3 Å². The lowest BCUT2D eigenvalue weighted by atomic mass is 10.1. The van der Waals surface area contributed by atoms with E-state index in [9.17, 15) is 0 Å². The Kier molecular flexibility index (Phi) is 5.84. The third-order valence-corrected chi connectivity index (χ3v) is 8.40. The molecule has 0 saturated heterocycles. The van der Waals surface area contributed by atoms with E-state index >= 15 is 0 Å². The van der Waals surface area contributed by atoms with Crippen LogP contribution in [0.1, 0.15) is 12.5 Å². The molecule has 4 rings (SSSR count). The largest absolute Gasteiger partial charge is 0.158 e. The van der Waals surface area contributed by atoms with Crippen molar-refractivity contribution in [2.45, 2.75) is 6.92 Å². The summed E-state index contributed by atoms with van der Waals surface area (Å²) in [5.41, 5.74) is 2.00. The zero-order valence-corrected chi connectivity index (χ0v) is 17.3. The Bertz CT molecular complexity index is 1030. The molecule has 0 aliphatic heterocycles. The van der Waals surface area contributed by atoms with Crippen LogP contribution in [-0.2, 0) is 0 Å². The molecule has 0 saturated carbocycles. The van der Waals surface area contributed by atoms with E-state index in [4.69, 9.17) is 9.96 Å². The van der Waals surface area contributed by atoms with Gasteiger partial charge in [-0.25, -0.2) is 0 Å². The third kappa shape index (κ3) is 3.99. The van der Waals surface area contributed by atoms with E-state index in [0.717, 1.165) is 11.3 Å². The fourth-order valence-electron chi connectivity index (χ4n) is 3.40. The molecule has 4 aromatic rings. The van der Waals surface area contributed by atoms with Crippen LogP contribution in [0.5, 0.6) is 0 Å². The van der Waals surface area contributed by atoms with Crippen molar-refractivity contribution in [1.29, 1.82) is 0 Å². The SMILES string of the molecule is CC(=NN=P(c1ccccc1)(c1ccccc1)c1ccccc1)c1ccccc1. The molecule has 29 heavy (non-hydrogen) atoms. The van der Waals surface area contributed by atoms with Gasteiger partial charge in [-0.1, -0.05) is 121 Å². The summed E-state index contributed by atoms with van der Waals surface area (Å²) in [5.74, 6) is 0. The van der Waals surface area contributed by atoms with Gasteiger partial charge in [0.2, 0.25) is 0 Å². The van der Waals surface area contributed by atoms with Crippen molar-refractivity contribution in [3.63, 3.8) is 0 Å². The lowest BCUT2D eigenvalue weighted by Crippen LogP contribution is -2.25. The van der Waals surface area contributed by atoms with Gasteiger partial charge in [-0.2, -0.15) is 9.96 Å². The predicted molar refractivity (Wildman–Crippen MR) is 126 cm³/mol. The van der Waals surface area contributed by atoms with Crippen LogP contribution in [0.4, 0.5) is 0 Å². The molecule has 4 aromatic carbocycles. The van der Waals surface area contributed by atoms with E-state index in [0.29, 0.717) is 0 Å². The van der Waals surface area contributed by atoms with Gasteiger partial charge in [-0.05, 0) is 12.5 Å². The van der Waals surface area contributed by atoms with Gasteiger partial charge in [-0.15, -0.1) is 0 Å². The van der Waals surface area contributed by atoms with Crippen molar-refractivity contribution in [2.75, 3.05) is 0 Å². The van der Waals surface area contributed by atoms with Crippen molar-refractivity contribution < 1.29 is 0 Å². The van der Waals surface area contributed by atoms with Crippen molar-refractivity contribution in [3.05, 3.63) is 127 Å². The maximum atomic E-state index is 5.14. The van der Waals surface area contributed by atoms with Gasteiger partial charge in [0.25, 0.3) is 0 Å². The summed E-state index contributed by atoms with van der Waals surface area (Å²) >= 11 is 0. The zero-order chi connectivity index (χ0) is 19.9. The molecule has 0 heterocycles. The first-order valence-corrected chi connectivity index (χ1v) is 11.4. The lowest BCUT2D eigenvalue weighted by molar-refractivity contribution is 1.26. The fourth-order valence-corrected chi connectivity index (χ4v) is 6.69. The second-order valence-electron chi connectivity index (χ2n) is 6.78. The standard InChI is InChI=1S/C26H23N2P/c1-22(23-14-6-2-7-15-23)27-28-29(24-16-8-3-9-17-24,25-18-10-4-11-19-25)26-20-12-5-13-21-26/h2-21H,1H3. The van der Waals surface area contributed by atoms with Gasteiger partial charge in [0.15, 0.2) is 0 Å². The van der Waals surface area contributed by atoms with Crippen LogP contribution in [0.15, 0.2) is 131 Å². The second-order valence-corrected chi connectivity index (χ2v) is 9.78. The molecule has 0 spiro atoms. The highest BCUT2D eigenvalue weighted by Gasteiger charge is 2.27.